The van der Waals surface area contributed by atoms with Crippen LogP contribution in [-0.4, -0.2) is 35.8 Å². The summed E-state index contributed by atoms with van der Waals surface area (Å²) in [5.41, 5.74) is 1.73. The Hall–Kier alpha value is -2.49. The molecule has 0 aliphatic carbocycles. The molecule has 144 valence electrons. The molecular formula is C19H17N3O4S2. The molecule has 1 saturated heterocycles. The predicted molar refractivity (Wildman–Crippen MR) is 107 cm³/mol. The van der Waals surface area contributed by atoms with E-state index < -0.39 is 15.8 Å². The van der Waals surface area contributed by atoms with Crippen LogP contribution in [0, 0.1) is 0 Å². The first-order chi connectivity index (χ1) is 13.5. The molecule has 0 saturated carbocycles. The minimum absolute atomic E-state index is 0.162. The molecule has 9 heteroatoms. The molecule has 28 heavy (non-hydrogen) atoms. The van der Waals surface area contributed by atoms with Gasteiger partial charge in [0.1, 0.15) is 0 Å². The third-order valence-corrected chi connectivity index (χ3v) is 8.24. The van der Waals surface area contributed by atoms with E-state index in [-0.39, 0.29) is 10.8 Å². The van der Waals surface area contributed by atoms with Gasteiger partial charge in [-0.05, 0) is 43.2 Å². The van der Waals surface area contributed by atoms with Crippen molar-refractivity contribution in [2.24, 2.45) is 0 Å². The highest BCUT2D eigenvalue weighted by Gasteiger charge is 2.31. The first-order valence-electron chi connectivity index (χ1n) is 8.99. The largest absolute Gasteiger partial charge is 0.417 e. The molecule has 1 aliphatic rings. The molecule has 7 nitrogen and oxygen atoms in total. The van der Waals surface area contributed by atoms with Gasteiger partial charge in [-0.1, -0.05) is 12.1 Å². The first-order valence-corrected chi connectivity index (χ1v) is 11.2. The van der Waals surface area contributed by atoms with Gasteiger partial charge >= 0.3 is 5.76 Å². The molecule has 2 aromatic heterocycles. The number of aromatic amines is 1. The second kappa shape index (κ2) is 6.54. The molecule has 0 spiro atoms. The highest BCUT2D eigenvalue weighted by Crippen LogP contribution is 2.35. The Labute approximate surface area is 164 Å². The van der Waals surface area contributed by atoms with Crippen molar-refractivity contribution in [3.8, 4) is 0 Å². The maximum atomic E-state index is 13.0. The van der Waals surface area contributed by atoms with E-state index in [2.05, 4.69) is 11.1 Å². The number of sulfonamides is 1. The van der Waals surface area contributed by atoms with E-state index in [1.165, 1.54) is 22.5 Å². The number of hydrogen-bond donors (Lipinski definition) is 1. The van der Waals surface area contributed by atoms with Crippen molar-refractivity contribution in [1.29, 1.82) is 0 Å². The van der Waals surface area contributed by atoms with Gasteiger partial charge in [0, 0.05) is 19.0 Å². The Morgan fingerprint density at radius 1 is 1.14 bits per heavy atom. The van der Waals surface area contributed by atoms with E-state index in [0.29, 0.717) is 24.2 Å². The van der Waals surface area contributed by atoms with Crippen molar-refractivity contribution < 1.29 is 12.8 Å². The zero-order valence-electron chi connectivity index (χ0n) is 14.8. The number of nitrogens with zero attached hydrogens (tertiary/aromatic N) is 2. The molecule has 1 N–H and O–H groups in total. The highest BCUT2D eigenvalue weighted by molar-refractivity contribution is 7.89. The summed E-state index contributed by atoms with van der Waals surface area (Å²) >= 11 is 1.69. The number of H-pyrrole nitrogens is 1. The summed E-state index contributed by atoms with van der Waals surface area (Å²) < 4.78 is 33.6. The molecule has 5 rings (SSSR count). The van der Waals surface area contributed by atoms with E-state index >= 15 is 0 Å². The molecule has 0 radical (unpaired) electrons. The van der Waals surface area contributed by atoms with Crippen LogP contribution in [0.3, 0.4) is 0 Å². The summed E-state index contributed by atoms with van der Waals surface area (Å²) in [5.74, 6) is -0.322. The van der Waals surface area contributed by atoms with Gasteiger partial charge in [-0.3, -0.25) is 4.98 Å². The molecule has 0 atom stereocenters. The fourth-order valence-electron chi connectivity index (χ4n) is 3.65. The number of para-hydroxylation sites is 1. The van der Waals surface area contributed by atoms with Crippen LogP contribution < -0.4 is 5.76 Å². The SMILES string of the molecule is O=c1[nH]c2cc(S(=O)(=O)N3CCC(c4nc5ccccc5s4)CC3)ccc2o1. The van der Waals surface area contributed by atoms with Crippen LogP contribution in [0.2, 0.25) is 0 Å². The fraction of sp³-hybridized carbons (Fsp3) is 0.263. The summed E-state index contributed by atoms with van der Waals surface area (Å²) in [6.45, 7) is 0.895. The van der Waals surface area contributed by atoms with Gasteiger partial charge in [0.15, 0.2) is 5.58 Å². The molecular weight excluding hydrogens is 398 g/mol. The van der Waals surface area contributed by atoms with Crippen molar-refractivity contribution in [3.63, 3.8) is 0 Å². The van der Waals surface area contributed by atoms with E-state index in [1.807, 2.05) is 18.2 Å². The summed E-state index contributed by atoms with van der Waals surface area (Å²) in [4.78, 5) is 18.7. The second-order valence-electron chi connectivity index (χ2n) is 6.87. The molecule has 0 amide bonds. The Balaban J connectivity index is 1.36. The molecule has 0 bridgehead atoms. The Kier molecular flexibility index (Phi) is 4.11. The van der Waals surface area contributed by atoms with E-state index in [9.17, 15) is 13.2 Å². The van der Waals surface area contributed by atoms with Crippen LogP contribution in [0.4, 0.5) is 0 Å². The number of thiazole rings is 1. The number of nitrogens with one attached hydrogen (secondary N) is 1. The van der Waals surface area contributed by atoms with Crippen molar-refractivity contribution in [2.75, 3.05) is 13.1 Å². The number of benzene rings is 2. The second-order valence-corrected chi connectivity index (χ2v) is 9.87. The van der Waals surface area contributed by atoms with Crippen molar-refractivity contribution in [2.45, 2.75) is 23.7 Å². The molecule has 3 heterocycles. The quantitative estimate of drug-likeness (QED) is 0.554. The van der Waals surface area contributed by atoms with Crippen LogP contribution in [0.25, 0.3) is 21.3 Å². The topological polar surface area (TPSA) is 96.3 Å². The highest BCUT2D eigenvalue weighted by atomic mass is 32.2. The van der Waals surface area contributed by atoms with E-state index in [1.54, 1.807) is 11.3 Å². The van der Waals surface area contributed by atoms with E-state index in [4.69, 9.17) is 9.40 Å². The minimum Gasteiger partial charge on any atom is -0.408 e. The number of piperidine rings is 1. The standard InChI is InChI=1S/C19H17N3O4S2/c23-19-21-15-11-13(5-6-16(15)26-19)28(24,25)22-9-7-12(8-10-22)18-20-14-3-1-2-4-17(14)27-18/h1-6,11-12H,7-10H2,(H,21,23). The van der Waals surface area contributed by atoms with Crippen LogP contribution in [0.1, 0.15) is 23.8 Å². The number of rotatable bonds is 3. The van der Waals surface area contributed by atoms with Crippen LogP contribution >= 0.6 is 11.3 Å². The Morgan fingerprint density at radius 3 is 2.71 bits per heavy atom. The summed E-state index contributed by atoms with van der Waals surface area (Å²) in [7, 11) is -3.62. The normalized spacial score (nSPS) is 16.9. The Morgan fingerprint density at radius 2 is 1.93 bits per heavy atom. The predicted octanol–water partition coefficient (Wildman–Crippen LogP) is 3.30. The fourth-order valence-corrected chi connectivity index (χ4v) is 6.28. The summed E-state index contributed by atoms with van der Waals surface area (Å²) in [5, 5.41) is 1.08. The lowest BCUT2D eigenvalue weighted by Gasteiger charge is -2.30. The monoisotopic (exact) mass is 415 g/mol. The summed E-state index contributed by atoms with van der Waals surface area (Å²) in [6, 6.07) is 12.5. The average Bonchev–Trinajstić information content (AvgIpc) is 3.29. The molecule has 2 aromatic carbocycles. The number of oxazole rings is 1. The molecule has 1 aliphatic heterocycles. The van der Waals surface area contributed by atoms with Crippen LogP contribution in [0.5, 0.6) is 0 Å². The van der Waals surface area contributed by atoms with Crippen LogP contribution in [0.15, 0.2) is 56.6 Å². The number of hydrogen-bond acceptors (Lipinski definition) is 6. The third-order valence-electron chi connectivity index (χ3n) is 5.14. The average molecular weight is 415 g/mol. The van der Waals surface area contributed by atoms with Crippen LogP contribution in [-0.2, 0) is 10.0 Å². The molecule has 0 unspecified atom stereocenters. The lowest BCUT2D eigenvalue weighted by molar-refractivity contribution is 0.319. The van der Waals surface area contributed by atoms with E-state index in [0.717, 1.165) is 28.1 Å². The van der Waals surface area contributed by atoms with Gasteiger partial charge in [0.25, 0.3) is 0 Å². The van der Waals surface area contributed by atoms with Crippen molar-refractivity contribution in [1.82, 2.24) is 14.3 Å². The van der Waals surface area contributed by atoms with Gasteiger partial charge in [0.2, 0.25) is 10.0 Å². The minimum atomic E-state index is -3.62. The Bertz CT molecular complexity index is 1290. The van der Waals surface area contributed by atoms with Gasteiger partial charge in [-0.25, -0.2) is 18.2 Å². The summed E-state index contributed by atoms with van der Waals surface area (Å²) in [6.07, 6.45) is 1.48. The lowest BCUT2D eigenvalue weighted by atomic mass is 9.99. The van der Waals surface area contributed by atoms with Crippen molar-refractivity contribution >= 4 is 42.7 Å². The zero-order valence-corrected chi connectivity index (χ0v) is 16.4. The maximum Gasteiger partial charge on any atom is 0.417 e. The van der Waals surface area contributed by atoms with Gasteiger partial charge in [0.05, 0.1) is 25.6 Å². The van der Waals surface area contributed by atoms with Gasteiger partial charge in [-0.2, -0.15) is 4.31 Å². The number of aromatic nitrogens is 2. The molecule has 1 fully saturated rings. The van der Waals surface area contributed by atoms with Gasteiger partial charge in [-0.15, -0.1) is 11.3 Å². The maximum absolute atomic E-state index is 13.0. The first kappa shape index (κ1) is 17.6. The lowest BCUT2D eigenvalue weighted by Crippen LogP contribution is -2.37. The third kappa shape index (κ3) is 2.95. The van der Waals surface area contributed by atoms with Gasteiger partial charge < -0.3 is 4.42 Å². The van der Waals surface area contributed by atoms with Crippen molar-refractivity contribution in [3.05, 3.63) is 58.0 Å². The number of fused-ring (bicyclic) bond motifs is 2. The smallest absolute Gasteiger partial charge is 0.408 e. The molecule has 4 aromatic rings. The zero-order chi connectivity index (χ0) is 19.3.